The van der Waals surface area contributed by atoms with E-state index in [0.29, 0.717) is 11.6 Å². The van der Waals surface area contributed by atoms with Crippen molar-refractivity contribution >= 4 is 50.1 Å². The molecule has 11 heteroatoms. The number of piperazine rings is 2. The standard InChI is InChI=1S/C24H32BrClN8O/c1-17-19(14-18(26)15-20(17)35-13-3-4-32-7-5-31(2)6-8-32)33-9-11-34(12-10-33)24-21-22(25)29-30-23(21)27-16-28-24/h14-16H,3-13H2,1-2H3,(H,27,28,29,30). The number of anilines is 2. The van der Waals surface area contributed by atoms with Gasteiger partial charge in [-0.1, -0.05) is 11.6 Å². The minimum atomic E-state index is 0.698. The summed E-state index contributed by atoms with van der Waals surface area (Å²) in [5.41, 5.74) is 3.03. The molecule has 0 spiro atoms. The molecular weight excluding hydrogens is 532 g/mol. The third-order valence-corrected chi connectivity index (χ3v) is 7.77. The Morgan fingerprint density at radius 1 is 1.03 bits per heavy atom. The van der Waals surface area contributed by atoms with Gasteiger partial charge in [0.05, 0.1) is 12.0 Å². The van der Waals surface area contributed by atoms with Crippen LogP contribution in [0.15, 0.2) is 23.1 Å². The number of ether oxygens (including phenoxy) is 1. The highest BCUT2D eigenvalue weighted by molar-refractivity contribution is 9.10. The van der Waals surface area contributed by atoms with E-state index < -0.39 is 0 Å². The Bertz CT molecular complexity index is 1160. The highest BCUT2D eigenvalue weighted by Crippen LogP contribution is 2.35. The molecule has 35 heavy (non-hydrogen) atoms. The number of halogens is 2. The first-order chi connectivity index (χ1) is 17.0. The van der Waals surface area contributed by atoms with Crippen LogP contribution in [0.4, 0.5) is 11.5 Å². The van der Waals surface area contributed by atoms with Crippen molar-refractivity contribution in [3.05, 3.63) is 33.6 Å². The van der Waals surface area contributed by atoms with E-state index >= 15 is 0 Å². The topological polar surface area (TPSA) is 76.7 Å². The summed E-state index contributed by atoms with van der Waals surface area (Å²) in [6.07, 6.45) is 2.60. The molecule has 2 fully saturated rings. The van der Waals surface area contributed by atoms with Gasteiger partial charge in [0, 0.05) is 75.2 Å². The van der Waals surface area contributed by atoms with E-state index in [1.165, 1.54) is 0 Å². The van der Waals surface area contributed by atoms with Crippen LogP contribution in [-0.2, 0) is 0 Å². The zero-order valence-corrected chi connectivity index (χ0v) is 22.6. The molecule has 5 rings (SSSR count). The number of likely N-dealkylation sites (N-methyl/N-ethyl adjacent to an activating group) is 1. The van der Waals surface area contributed by atoms with E-state index in [1.54, 1.807) is 6.33 Å². The van der Waals surface area contributed by atoms with Gasteiger partial charge < -0.3 is 24.3 Å². The van der Waals surface area contributed by atoms with Gasteiger partial charge in [-0.25, -0.2) is 9.97 Å². The summed E-state index contributed by atoms with van der Waals surface area (Å²) in [5, 5.41) is 8.80. The van der Waals surface area contributed by atoms with Crippen LogP contribution in [0.3, 0.4) is 0 Å². The summed E-state index contributed by atoms with van der Waals surface area (Å²) in [5.74, 6) is 1.79. The van der Waals surface area contributed by atoms with Crippen LogP contribution in [0, 0.1) is 6.92 Å². The fourth-order valence-electron chi connectivity index (χ4n) is 4.87. The minimum Gasteiger partial charge on any atom is -0.493 e. The lowest BCUT2D eigenvalue weighted by Crippen LogP contribution is -2.47. The molecule has 1 aromatic carbocycles. The molecule has 2 aliphatic heterocycles. The van der Waals surface area contributed by atoms with Crippen molar-refractivity contribution in [1.82, 2.24) is 30.0 Å². The Morgan fingerprint density at radius 3 is 2.54 bits per heavy atom. The highest BCUT2D eigenvalue weighted by Gasteiger charge is 2.24. The maximum atomic E-state index is 6.52. The van der Waals surface area contributed by atoms with Gasteiger partial charge in [-0.2, -0.15) is 5.10 Å². The maximum absolute atomic E-state index is 6.52. The quantitative estimate of drug-likeness (QED) is 0.439. The number of nitrogens with one attached hydrogen (secondary N) is 1. The molecule has 2 saturated heterocycles. The third kappa shape index (κ3) is 5.50. The molecule has 1 N–H and O–H groups in total. The van der Waals surface area contributed by atoms with E-state index in [2.05, 4.69) is 75.7 Å². The lowest BCUT2D eigenvalue weighted by atomic mass is 10.1. The summed E-state index contributed by atoms with van der Waals surface area (Å²) in [6, 6.07) is 4.00. The minimum absolute atomic E-state index is 0.698. The Hall–Kier alpha value is -2.14. The molecule has 0 bridgehead atoms. The van der Waals surface area contributed by atoms with Crippen LogP contribution < -0.4 is 14.5 Å². The average Bonchev–Trinajstić information content (AvgIpc) is 3.26. The van der Waals surface area contributed by atoms with Crippen molar-refractivity contribution in [2.75, 3.05) is 82.4 Å². The first kappa shape index (κ1) is 24.5. The molecular formula is C24H32BrClN8O. The summed E-state index contributed by atoms with van der Waals surface area (Å²) in [7, 11) is 2.19. The van der Waals surface area contributed by atoms with Crippen molar-refractivity contribution < 1.29 is 4.74 Å². The average molecular weight is 564 g/mol. The number of fused-ring (bicyclic) bond motifs is 1. The lowest BCUT2D eigenvalue weighted by molar-refractivity contribution is 0.145. The van der Waals surface area contributed by atoms with Gasteiger partial charge >= 0.3 is 0 Å². The molecule has 2 aliphatic rings. The fraction of sp³-hybridized carbons (Fsp3) is 0.542. The molecule has 2 aromatic heterocycles. The Kier molecular flexibility index (Phi) is 7.62. The molecule has 9 nitrogen and oxygen atoms in total. The first-order valence-electron chi connectivity index (χ1n) is 12.2. The van der Waals surface area contributed by atoms with Crippen molar-refractivity contribution in [1.29, 1.82) is 0 Å². The molecule has 0 saturated carbocycles. The number of hydrogen-bond donors (Lipinski definition) is 1. The van der Waals surface area contributed by atoms with Crippen LogP contribution in [-0.4, -0.2) is 103 Å². The van der Waals surface area contributed by atoms with Crippen LogP contribution in [0.25, 0.3) is 11.0 Å². The smallest absolute Gasteiger partial charge is 0.161 e. The van der Waals surface area contributed by atoms with Crippen LogP contribution in [0.2, 0.25) is 5.02 Å². The molecule has 0 aliphatic carbocycles. The van der Waals surface area contributed by atoms with Gasteiger partial charge in [-0.15, -0.1) is 0 Å². The van der Waals surface area contributed by atoms with E-state index in [4.69, 9.17) is 16.3 Å². The van der Waals surface area contributed by atoms with Crippen LogP contribution in [0.5, 0.6) is 5.75 Å². The van der Waals surface area contributed by atoms with Crippen molar-refractivity contribution in [2.45, 2.75) is 13.3 Å². The number of hydrogen-bond acceptors (Lipinski definition) is 8. The second kappa shape index (κ2) is 10.9. The molecule has 0 amide bonds. The molecule has 188 valence electrons. The Morgan fingerprint density at radius 2 is 1.77 bits per heavy atom. The van der Waals surface area contributed by atoms with Gasteiger partial charge in [0.25, 0.3) is 0 Å². The molecule has 4 heterocycles. The lowest BCUT2D eigenvalue weighted by Gasteiger charge is -2.37. The first-order valence-corrected chi connectivity index (χ1v) is 13.3. The van der Waals surface area contributed by atoms with Crippen molar-refractivity contribution in [2.24, 2.45) is 0 Å². The number of aromatic nitrogens is 4. The van der Waals surface area contributed by atoms with Gasteiger partial charge in [-0.3, -0.25) is 5.10 Å². The number of H-pyrrole nitrogens is 1. The summed E-state index contributed by atoms with van der Waals surface area (Å²) >= 11 is 10.0. The van der Waals surface area contributed by atoms with Crippen molar-refractivity contribution in [3.8, 4) is 5.75 Å². The van der Waals surface area contributed by atoms with E-state index in [9.17, 15) is 0 Å². The predicted molar refractivity (Wildman–Crippen MR) is 144 cm³/mol. The van der Waals surface area contributed by atoms with Gasteiger partial charge in [0.1, 0.15) is 22.5 Å². The van der Waals surface area contributed by atoms with E-state index in [-0.39, 0.29) is 0 Å². The molecule has 0 unspecified atom stereocenters. The van der Waals surface area contributed by atoms with Gasteiger partial charge in [0.15, 0.2) is 5.65 Å². The van der Waals surface area contributed by atoms with Gasteiger partial charge in [0.2, 0.25) is 0 Å². The largest absolute Gasteiger partial charge is 0.493 e. The second-order valence-corrected chi connectivity index (χ2v) is 10.5. The zero-order chi connectivity index (χ0) is 24.4. The Labute approximate surface area is 219 Å². The third-order valence-electron chi connectivity index (χ3n) is 6.98. The SMILES string of the molecule is Cc1c(OCCCN2CCN(C)CC2)cc(Cl)cc1N1CCN(c2ncnc3[nH]nc(Br)c23)CC1. The number of rotatable bonds is 7. The monoisotopic (exact) mass is 562 g/mol. The van der Waals surface area contributed by atoms with Crippen LogP contribution >= 0.6 is 27.5 Å². The molecule has 0 atom stereocenters. The number of nitrogens with zero attached hydrogens (tertiary/aromatic N) is 7. The van der Waals surface area contributed by atoms with Crippen molar-refractivity contribution in [3.63, 3.8) is 0 Å². The van der Waals surface area contributed by atoms with E-state index in [0.717, 1.165) is 104 Å². The second-order valence-electron chi connectivity index (χ2n) is 9.30. The maximum Gasteiger partial charge on any atom is 0.161 e. The summed E-state index contributed by atoms with van der Waals surface area (Å²) < 4.78 is 6.95. The molecule has 0 radical (unpaired) electrons. The van der Waals surface area contributed by atoms with E-state index in [1.807, 2.05) is 6.07 Å². The summed E-state index contributed by atoms with van der Waals surface area (Å²) in [6.45, 7) is 11.9. The van der Waals surface area contributed by atoms with Gasteiger partial charge in [-0.05, 0) is 48.5 Å². The van der Waals surface area contributed by atoms with Crippen LogP contribution in [0.1, 0.15) is 12.0 Å². The zero-order valence-electron chi connectivity index (χ0n) is 20.3. The Balaban J connectivity index is 1.20. The fourth-order valence-corrected chi connectivity index (χ4v) is 5.52. The highest BCUT2D eigenvalue weighted by atomic mass is 79.9. The molecule has 3 aromatic rings. The number of aromatic amines is 1. The predicted octanol–water partition coefficient (Wildman–Crippen LogP) is 3.42. The summed E-state index contributed by atoms with van der Waals surface area (Å²) in [4.78, 5) is 18.4. The number of benzene rings is 1. The normalized spacial score (nSPS) is 17.9.